The Labute approximate surface area is 362 Å². The van der Waals surface area contributed by atoms with Gasteiger partial charge in [0.05, 0.1) is 5.69 Å². The van der Waals surface area contributed by atoms with Gasteiger partial charge in [-0.15, -0.1) is 22.7 Å². The Morgan fingerprint density at radius 3 is 1.70 bits per heavy atom. The summed E-state index contributed by atoms with van der Waals surface area (Å²) in [6.45, 7) is 0. The first kappa shape index (κ1) is 35.6. The highest BCUT2D eigenvalue weighted by Gasteiger charge is 2.20. The predicted molar refractivity (Wildman–Crippen MR) is 266 cm³/mol. The van der Waals surface area contributed by atoms with E-state index in [4.69, 9.17) is 0 Å². The molecule has 0 N–H and O–H groups in total. The standard InChI is InChI=1S/C58H37NS2/c1-2-19-46-38(13-1)14-11-23-47(46)39-29-32-44(33-30-39)59(54-26-6-3-20-48(54)43-31-34-57-53(37-43)51-22-5-7-27-55(51)60-57)45-18-10-16-41(36-45)40-15-9-17-42(35-40)49-24-12-25-52-50-21-4-8-28-56(50)61-58(49)52/h1-37H. The molecule has 0 aliphatic carbocycles. The number of fused-ring (bicyclic) bond motifs is 7. The van der Waals surface area contributed by atoms with E-state index in [1.54, 1.807) is 0 Å². The van der Waals surface area contributed by atoms with Gasteiger partial charge in [0.2, 0.25) is 0 Å². The molecule has 0 saturated carbocycles. The van der Waals surface area contributed by atoms with Crippen molar-refractivity contribution in [1.29, 1.82) is 0 Å². The van der Waals surface area contributed by atoms with E-state index in [1.165, 1.54) is 95.6 Å². The van der Waals surface area contributed by atoms with Crippen molar-refractivity contribution < 1.29 is 0 Å². The van der Waals surface area contributed by atoms with Crippen LogP contribution in [0.15, 0.2) is 224 Å². The fourth-order valence-corrected chi connectivity index (χ4v) is 11.5. The average Bonchev–Trinajstić information content (AvgIpc) is 3.90. The van der Waals surface area contributed by atoms with Gasteiger partial charge in [0.15, 0.2) is 0 Å². The third-order valence-corrected chi connectivity index (χ3v) is 14.4. The second-order valence-electron chi connectivity index (χ2n) is 15.6. The topological polar surface area (TPSA) is 3.24 Å². The van der Waals surface area contributed by atoms with E-state index >= 15 is 0 Å². The number of nitrogens with zero attached hydrogens (tertiary/aromatic N) is 1. The first-order valence-corrected chi connectivity index (χ1v) is 22.4. The van der Waals surface area contributed by atoms with Gasteiger partial charge >= 0.3 is 0 Å². The van der Waals surface area contributed by atoms with Gasteiger partial charge in [-0.25, -0.2) is 0 Å². The van der Waals surface area contributed by atoms with Crippen LogP contribution in [-0.4, -0.2) is 0 Å². The number of anilines is 3. The van der Waals surface area contributed by atoms with Crippen molar-refractivity contribution in [2.24, 2.45) is 0 Å². The number of benzene rings is 10. The normalized spacial score (nSPS) is 11.6. The van der Waals surface area contributed by atoms with Gasteiger partial charge in [-0.3, -0.25) is 0 Å². The second-order valence-corrected chi connectivity index (χ2v) is 17.8. The molecule has 3 heteroatoms. The Hall–Kier alpha value is -7.30. The predicted octanol–water partition coefficient (Wildman–Crippen LogP) is 17.7. The van der Waals surface area contributed by atoms with Crippen molar-refractivity contribution in [3.8, 4) is 44.5 Å². The van der Waals surface area contributed by atoms with Crippen LogP contribution < -0.4 is 4.90 Å². The summed E-state index contributed by atoms with van der Waals surface area (Å²) in [5, 5.41) is 7.75. The SMILES string of the molecule is c1cc(-c2cccc(N(c3ccc(-c4cccc5ccccc45)cc3)c3ccccc3-c3ccc4sc5ccccc5c4c3)c2)cc(-c2cccc3c2sc2ccccc23)c1. The Balaban J connectivity index is 1.00. The summed E-state index contributed by atoms with van der Waals surface area (Å²) in [6.07, 6.45) is 0. The van der Waals surface area contributed by atoms with Crippen molar-refractivity contribution in [2.45, 2.75) is 0 Å². The number of hydrogen-bond acceptors (Lipinski definition) is 3. The maximum atomic E-state index is 2.43. The fourth-order valence-electron chi connectivity index (χ4n) is 9.17. The second kappa shape index (κ2) is 14.8. The molecule has 0 radical (unpaired) electrons. The van der Waals surface area contributed by atoms with E-state index in [9.17, 15) is 0 Å². The summed E-state index contributed by atoms with van der Waals surface area (Å²) in [4.78, 5) is 2.43. The Kier molecular flexibility index (Phi) is 8.62. The number of thiophene rings is 2. The Morgan fingerprint density at radius 1 is 0.279 bits per heavy atom. The minimum absolute atomic E-state index is 1.10. The van der Waals surface area contributed by atoms with Crippen molar-refractivity contribution in [3.63, 3.8) is 0 Å². The summed E-state index contributed by atoms with van der Waals surface area (Å²) in [5.41, 5.74) is 13.0. The lowest BCUT2D eigenvalue weighted by molar-refractivity contribution is 1.28. The van der Waals surface area contributed by atoms with Crippen LogP contribution in [0, 0.1) is 0 Å². The largest absolute Gasteiger partial charge is 0.310 e. The van der Waals surface area contributed by atoms with Crippen LogP contribution in [0.1, 0.15) is 0 Å². The van der Waals surface area contributed by atoms with Gasteiger partial charge in [0.25, 0.3) is 0 Å². The maximum absolute atomic E-state index is 2.43. The number of para-hydroxylation sites is 1. The van der Waals surface area contributed by atoms with Crippen molar-refractivity contribution in [3.05, 3.63) is 224 Å². The van der Waals surface area contributed by atoms with Crippen molar-refractivity contribution in [2.75, 3.05) is 4.90 Å². The van der Waals surface area contributed by atoms with Crippen molar-refractivity contribution >= 4 is 90.9 Å². The highest BCUT2D eigenvalue weighted by Crippen LogP contribution is 2.45. The summed E-state index contributed by atoms with van der Waals surface area (Å²) < 4.78 is 5.28. The highest BCUT2D eigenvalue weighted by molar-refractivity contribution is 7.26. The maximum Gasteiger partial charge on any atom is 0.0540 e. The third-order valence-electron chi connectivity index (χ3n) is 12.1. The van der Waals surface area contributed by atoms with Crippen LogP contribution in [0.5, 0.6) is 0 Å². The highest BCUT2D eigenvalue weighted by atomic mass is 32.1. The molecule has 12 rings (SSSR count). The molecule has 0 fully saturated rings. The number of rotatable bonds is 7. The molecule has 0 saturated heterocycles. The molecule has 0 amide bonds. The fraction of sp³-hybridized carbons (Fsp3) is 0. The molecule has 0 aliphatic heterocycles. The van der Waals surface area contributed by atoms with Crippen LogP contribution in [0.3, 0.4) is 0 Å². The molecule has 2 heterocycles. The number of hydrogen-bond donors (Lipinski definition) is 0. The lowest BCUT2D eigenvalue weighted by Crippen LogP contribution is -2.11. The van der Waals surface area contributed by atoms with Crippen LogP contribution in [0.4, 0.5) is 17.1 Å². The van der Waals surface area contributed by atoms with Crippen LogP contribution >= 0.6 is 22.7 Å². The minimum Gasteiger partial charge on any atom is -0.310 e. The smallest absolute Gasteiger partial charge is 0.0540 e. The summed E-state index contributed by atoms with van der Waals surface area (Å²) in [7, 11) is 0. The molecule has 0 bridgehead atoms. The van der Waals surface area contributed by atoms with Gasteiger partial charge in [0.1, 0.15) is 0 Å². The molecule has 0 aliphatic rings. The first-order chi connectivity index (χ1) is 30.2. The van der Waals surface area contributed by atoms with E-state index in [-0.39, 0.29) is 0 Å². The van der Waals surface area contributed by atoms with Crippen LogP contribution in [0.2, 0.25) is 0 Å². The van der Waals surface area contributed by atoms with E-state index in [0.717, 1.165) is 17.1 Å². The lowest BCUT2D eigenvalue weighted by atomic mass is 9.96. The van der Waals surface area contributed by atoms with Gasteiger partial charge < -0.3 is 4.90 Å². The molecule has 0 atom stereocenters. The zero-order valence-corrected chi connectivity index (χ0v) is 34.8. The lowest BCUT2D eigenvalue weighted by Gasteiger charge is -2.28. The molecule has 0 unspecified atom stereocenters. The molecule has 10 aromatic carbocycles. The van der Waals surface area contributed by atoms with Gasteiger partial charge in [0, 0.05) is 57.3 Å². The molecule has 2 aromatic heterocycles. The molecule has 12 aromatic rings. The molecule has 1 nitrogen and oxygen atoms in total. The zero-order chi connectivity index (χ0) is 40.3. The van der Waals surface area contributed by atoms with Gasteiger partial charge in [-0.1, -0.05) is 164 Å². The Bertz CT molecular complexity index is 3600. The molecular weight excluding hydrogens is 775 g/mol. The van der Waals surface area contributed by atoms with E-state index in [0.29, 0.717) is 0 Å². The van der Waals surface area contributed by atoms with Crippen LogP contribution in [0.25, 0.3) is 95.6 Å². The van der Waals surface area contributed by atoms with E-state index in [1.807, 2.05) is 22.7 Å². The monoisotopic (exact) mass is 811 g/mol. The summed E-state index contributed by atoms with van der Waals surface area (Å²) in [6, 6.07) is 82.5. The molecular formula is C58H37NS2. The molecule has 286 valence electrons. The molecule has 61 heavy (non-hydrogen) atoms. The van der Waals surface area contributed by atoms with Crippen LogP contribution in [-0.2, 0) is 0 Å². The first-order valence-electron chi connectivity index (χ1n) is 20.7. The average molecular weight is 812 g/mol. The quantitative estimate of drug-likeness (QED) is 0.155. The minimum atomic E-state index is 1.10. The third kappa shape index (κ3) is 6.21. The zero-order valence-electron chi connectivity index (χ0n) is 33.1. The summed E-state index contributed by atoms with van der Waals surface area (Å²) in [5.74, 6) is 0. The summed E-state index contributed by atoms with van der Waals surface area (Å²) >= 11 is 3.74. The van der Waals surface area contributed by atoms with E-state index < -0.39 is 0 Å². The van der Waals surface area contributed by atoms with Crippen molar-refractivity contribution in [1.82, 2.24) is 0 Å². The van der Waals surface area contributed by atoms with E-state index in [2.05, 4.69) is 229 Å². The molecule has 0 spiro atoms. The van der Waals surface area contributed by atoms with Gasteiger partial charge in [-0.05, 0) is 110 Å². The Morgan fingerprint density at radius 2 is 0.836 bits per heavy atom. The van der Waals surface area contributed by atoms with Gasteiger partial charge in [-0.2, -0.15) is 0 Å².